The van der Waals surface area contributed by atoms with Gasteiger partial charge < -0.3 is 20.5 Å². The van der Waals surface area contributed by atoms with E-state index in [2.05, 4.69) is 22.2 Å². The number of alkyl carbamates (subject to hydrolysis) is 1. The molecule has 0 bridgehead atoms. The quantitative estimate of drug-likeness (QED) is 0.534. The number of aliphatic carboxylic acids is 1. The molecule has 0 unspecified atom stereocenters. The summed E-state index contributed by atoms with van der Waals surface area (Å²) in [7, 11) is 0. The Hall–Kier alpha value is -3.39. The van der Waals surface area contributed by atoms with Gasteiger partial charge in [-0.15, -0.1) is 0 Å². The summed E-state index contributed by atoms with van der Waals surface area (Å²) < 4.78 is 5.15. The molecule has 0 fully saturated rings. The minimum atomic E-state index is -1.16. The van der Waals surface area contributed by atoms with Crippen LogP contribution in [0.5, 0.6) is 0 Å². The van der Waals surface area contributed by atoms with Gasteiger partial charge in [-0.05, 0) is 29.7 Å². The molecule has 0 saturated heterocycles. The van der Waals surface area contributed by atoms with Gasteiger partial charge in [-0.3, -0.25) is 14.4 Å². The van der Waals surface area contributed by atoms with Crippen molar-refractivity contribution in [3.05, 3.63) is 71.8 Å². The standard InChI is InChI=1S/C20H22N2O5.C2H3ClO/c1-14(19(24)25)21-18(23)17(12-15-8-4-2-5-9-15)22-20(26)27-13-16-10-6-3-7-11-16;1-2(3)4/h2-11,14,17H,12-13H2,1H3,(H,21,23)(H,22,26)(H,24,25);1H3/t14-,17-;/m0./s1. The molecule has 0 saturated carbocycles. The largest absolute Gasteiger partial charge is 0.480 e. The molecule has 2 aromatic carbocycles. The molecule has 0 aliphatic carbocycles. The van der Waals surface area contributed by atoms with E-state index in [4.69, 9.17) is 9.84 Å². The molecule has 31 heavy (non-hydrogen) atoms. The molecule has 0 aliphatic rings. The average molecular weight is 449 g/mol. The number of halogens is 1. The van der Waals surface area contributed by atoms with E-state index in [1.807, 2.05) is 60.7 Å². The van der Waals surface area contributed by atoms with E-state index in [1.165, 1.54) is 13.8 Å². The number of carbonyl (C=O) groups excluding carboxylic acids is 3. The first-order valence-corrected chi connectivity index (χ1v) is 9.77. The SMILES string of the molecule is CC(=O)Cl.C[C@H](NC(=O)[C@H](Cc1ccccc1)NC(=O)OCc1ccccc1)C(=O)O. The van der Waals surface area contributed by atoms with Crippen molar-refractivity contribution in [2.45, 2.75) is 39.0 Å². The zero-order valence-electron chi connectivity index (χ0n) is 17.2. The van der Waals surface area contributed by atoms with Gasteiger partial charge >= 0.3 is 12.1 Å². The molecule has 3 N–H and O–H groups in total. The lowest BCUT2D eigenvalue weighted by Crippen LogP contribution is -2.51. The Labute approximate surface area is 185 Å². The van der Waals surface area contributed by atoms with Crippen LogP contribution >= 0.6 is 11.6 Å². The molecule has 0 heterocycles. The Bertz CT molecular complexity index is 857. The van der Waals surface area contributed by atoms with Crippen molar-refractivity contribution in [2.75, 3.05) is 0 Å². The van der Waals surface area contributed by atoms with Gasteiger partial charge in [0.25, 0.3) is 0 Å². The number of nitrogens with one attached hydrogen (secondary N) is 2. The molecule has 0 spiro atoms. The number of amides is 2. The van der Waals surface area contributed by atoms with Crippen molar-refractivity contribution in [1.29, 1.82) is 0 Å². The summed E-state index contributed by atoms with van der Waals surface area (Å²) in [5, 5.41) is 13.5. The van der Waals surface area contributed by atoms with Crippen LogP contribution in [0.1, 0.15) is 25.0 Å². The van der Waals surface area contributed by atoms with Crippen molar-refractivity contribution in [3.8, 4) is 0 Å². The molecule has 8 nitrogen and oxygen atoms in total. The number of carboxylic acid groups (broad SMARTS) is 1. The highest BCUT2D eigenvalue weighted by Crippen LogP contribution is 2.06. The maximum absolute atomic E-state index is 12.4. The van der Waals surface area contributed by atoms with Gasteiger partial charge in [-0.2, -0.15) is 0 Å². The van der Waals surface area contributed by atoms with Crippen LogP contribution in [0.15, 0.2) is 60.7 Å². The van der Waals surface area contributed by atoms with Crippen molar-refractivity contribution >= 4 is 34.8 Å². The smallest absolute Gasteiger partial charge is 0.408 e. The highest BCUT2D eigenvalue weighted by Gasteiger charge is 2.25. The predicted octanol–water partition coefficient (Wildman–Crippen LogP) is 2.89. The van der Waals surface area contributed by atoms with Crippen LogP contribution in [0.4, 0.5) is 4.79 Å². The molecule has 9 heteroatoms. The molecule has 2 atom stereocenters. The predicted molar refractivity (Wildman–Crippen MR) is 115 cm³/mol. The molecular weight excluding hydrogens is 424 g/mol. The summed E-state index contributed by atoms with van der Waals surface area (Å²) in [6.45, 7) is 2.72. The topological polar surface area (TPSA) is 122 Å². The van der Waals surface area contributed by atoms with Crippen LogP contribution in [-0.2, 0) is 32.1 Å². The van der Waals surface area contributed by atoms with Crippen molar-refractivity contribution in [3.63, 3.8) is 0 Å². The summed E-state index contributed by atoms with van der Waals surface area (Å²) in [5.74, 6) is -1.75. The fourth-order valence-corrected chi connectivity index (χ4v) is 2.34. The van der Waals surface area contributed by atoms with Crippen molar-refractivity contribution in [2.24, 2.45) is 0 Å². The van der Waals surface area contributed by atoms with Gasteiger partial charge in [-0.25, -0.2) is 4.79 Å². The lowest BCUT2D eigenvalue weighted by atomic mass is 10.1. The number of benzene rings is 2. The second-order valence-corrected chi connectivity index (χ2v) is 7.02. The van der Waals surface area contributed by atoms with E-state index < -0.39 is 30.1 Å². The first-order valence-electron chi connectivity index (χ1n) is 9.39. The van der Waals surface area contributed by atoms with Gasteiger partial charge in [0.05, 0.1) is 0 Å². The summed E-state index contributed by atoms with van der Waals surface area (Å²) in [4.78, 5) is 44.7. The van der Waals surface area contributed by atoms with Crippen LogP contribution < -0.4 is 10.6 Å². The second kappa shape index (κ2) is 13.8. The summed E-state index contributed by atoms with van der Waals surface area (Å²) in [6, 6.07) is 16.2. The highest BCUT2D eigenvalue weighted by atomic mass is 35.5. The zero-order valence-corrected chi connectivity index (χ0v) is 18.0. The number of hydrogen-bond donors (Lipinski definition) is 3. The third-order valence-electron chi connectivity index (χ3n) is 3.83. The molecule has 166 valence electrons. The Kier molecular flexibility index (Phi) is 11.4. The molecule has 2 rings (SSSR count). The van der Waals surface area contributed by atoms with E-state index in [0.717, 1.165) is 11.1 Å². The molecule has 0 aromatic heterocycles. The van der Waals surface area contributed by atoms with Gasteiger partial charge in [0.15, 0.2) is 0 Å². The van der Waals surface area contributed by atoms with Gasteiger partial charge in [0, 0.05) is 13.3 Å². The van der Waals surface area contributed by atoms with Gasteiger partial charge in [0.2, 0.25) is 11.1 Å². The first-order chi connectivity index (χ1) is 14.7. The first kappa shape index (κ1) is 25.6. The normalized spacial score (nSPS) is 11.7. The fourth-order valence-electron chi connectivity index (χ4n) is 2.34. The lowest BCUT2D eigenvalue weighted by molar-refractivity contribution is -0.141. The fraction of sp³-hybridized carbons (Fsp3) is 0.273. The Morgan fingerprint density at radius 1 is 0.935 bits per heavy atom. The van der Waals surface area contributed by atoms with Crippen LogP contribution in [0.3, 0.4) is 0 Å². The molecular formula is C22H25ClN2O6. The van der Waals surface area contributed by atoms with Crippen molar-refractivity contribution < 1.29 is 29.0 Å². The molecule has 0 radical (unpaired) electrons. The minimum Gasteiger partial charge on any atom is -0.480 e. The summed E-state index contributed by atoms with van der Waals surface area (Å²) >= 11 is 4.64. The van der Waals surface area contributed by atoms with Crippen LogP contribution in [0, 0.1) is 0 Å². The Morgan fingerprint density at radius 3 is 1.90 bits per heavy atom. The molecule has 0 aliphatic heterocycles. The van der Waals surface area contributed by atoms with Crippen molar-refractivity contribution in [1.82, 2.24) is 10.6 Å². The number of carbonyl (C=O) groups is 4. The summed E-state index contributed by atoms with van der Waals surface area (Å²) in [5.41, 5.74) is 1.64. The summed E-state index contributed by atoms with van der Waals surface area (Å²) in [6.07, 6.45) is -0.544. The monoisotopic (exact) mass is 448 g/mol. The van der Waals surface area contributed by atoms with E-state index >= 15 is 0 Å². The third-order valence-corrected chi connectivity index (χ3v) is 3.83. The van der Waals surface area contributed by atoms with E-state index in [9.17, 15) is 19.2 Å². The minimum absolute atomic E-state index is 0.0673. The zero-order chi connectivity index (χ0) is 23.2. The second-order valence-electron chi connectivity index (χ2n) is 6.49. The lowest BCUT2D eigenvalue weighted by Gasteiger charge is -2.20. The maximum Gasteiger partial charge on any atom is 0.408 e. The average Bonchev–Trinajstić information content (AvgIpc) is 2.72. The van der Waals surface area contributed by atoms with Crippen LogP contribution in [0.25, 0.3) is 0 Å². The van der Waals surface area contributed by atoms with E-state index in [-0.39, 0.29) is 18.3 Å². The molecule has 2 amide bonds. The number of hydrogen-bond acceptors (Lipinski definition) is 5. The number of rotatable bonds is 8. The van der Waals surface area contributed by atoms with E-state index in [0.29, 0.717) is 0 Å². The Morgan fingerprint density at radius 2 is 1.42 bits per heavy atom. The maximum atomic E-state index is 12.4. The molecule has 2 aromatic rings. The van der Waals surface area contributed by atoms with Crippen LogP contribution in [-0.4, -0.2) is 40.4 Å². The number of ether oxygens (including phenoxy) is 1. The van der Waals surface area contributed by atoms with Gasteiger partial charge in [-0.1, -0.05) is 60.7 Å². The van der Waals surface area contributed by atoms with Crippen LogP contribution in [0.2, 0.25) is 0 Å². The highest BCUT2D eigenvalue weighted by molar-refractivity contribution is 6.62. The Balaban J connectivity index is 0.00000110. The number of carboxylic acids is 1. The van der Waals surface area contributed by atoms with Gasteiger partial charge in [0.1, 0.15) is 18.7 Å². The third kappa shape index (κ3) is 11.4. The van der Waals surface area contributed by atoms with E-state index in [1.54, 1.807) is 0 Å².